The van der Waals surface area contributed by atoms with Crippen LogP contribution in [0.15, 0.2) is 24.3 Å². The van der Waals surface area contributed by atoms with Crippen LogP contribution in [0.2, 0.25) is 5.02 Å². The molecule has 1 unspecified atom stereocenters. The Morgan fingerprint density at radius 3 is 2.33 bits per heavy atom. The first-order chi connectivity index (χ1) is 8.58. The minimum Gasteiger partial charge on any atom is -0.302 e. The summed E-state index contributed by atoms with van der Waals surface area (Å²) >= 11 is 5.91. The van der Waals surface area contributed by atoms with Crippen molar-refractivity contribution in [2.24, 2.45) is 5.92 Å². The molecule has 2 rings (SSSR count). The molecule has 1 atom stereocenters. The Bertz CT molecular complexity index is 409. The van der Waals surface area contributed by atoms with Gasteiger partial charge in [-0.25, -0.2) is 0 Å². The summed E-state index contributed by atoms with van der Waals surface area (Å²) in [5, 5.41) is 0.721. The lowest BCUT2D eigenvalue weighted by atomic mass is 9.88. The van der Waals surface area contributed by atoms with Crippen LogP contribution in [0.4, 0.5) is 0 Å². The molecule has 1 aliphatic rings. The van der Waals surface area contributed by atoms with Crippen LogP contribution in [0.1, 0.15) is 31.7 Å². The zero-order valence-electron chi connectivity index (χ0n) is 11.0. The number of rotatable bonds is 5. The summed E-state index contributed by atoms with van der Waals surface area (Å²) in [6.07, 6.45) is 1.25. The van der Waals surface area contributed by atoms with Crippen molar-refractivity contribution in [3.63, 3.8) is 0 Å². The normalized spacial score (nSPS) is 17.6. The van der Waals surface area contributed by atoms with Crippen molar-refractivity contribution in [2.45, 2.75) is 26.2 Å². The quantitative estimate of drug-likeness (QED) is 0.814. The first-order valence-electron chi connectivity index (χ1n) is 6.59. The second-order valence-electron chi connectivity index (χ2n) is 5.32. The van der Waals surface area contributed by atoms with Crippen molar-refractivity contribution >= 4 is 17.4 Å². The first kappa shape index (κ1) is 13.6. The van der Waals surface area contributed by atoms with E-state index in [0.717, 1.165) is 30.2 Å². The third-order valence-electron chi connectivity index (χ3n) is 3.57. The third-order valence-corrected chi connectivity index (χ3v) is 3.83. The smallest absolute Gasteiger partial charge is 0.144 e. The highest BCUT2D eigenvalue weighted by Crippen LogP contribution is 2.25. The molecule has 98 valence electrons. The SMILES string of the molecule is CC(C)C(=O)C(CN1CCC1)c1ccc(Cl)cc1. The molecule has 1 fully saturated rings. The fourth-order valence-corrected chi connectivity index (χ4v) is 2.41. The summed E-state index contributed by atoms with van der Waals surface area (Å²) in [6.45, 7) is 7.03. The fraction of sp³-hybridized carbons (Fsp3) is 0.533. The molecule has 3 heteroatoms. The van der Waals surface area contributed by atoms with Gasteiger partial charge in [0.05, 0.1) is 5.92 Å². The predicted octanol–water partition coefficient (Wildman–Crippen LogP) is 3.35. The van der Waals surface area contributed by atoms with E-state index in [-0.39, 0.29) is 11.8 Å². The Morgan fingerprint density at radius 1 is 1.28 bits per heavy atom. The molecule has 1 aromatic carbocycles. The molecule has 18 heavy (non-hydrogen) atoms. The summed E-state index contributed by atoms with van der Waals surface area (Å²) in [7, 11) is 0. The number of carbonyl (C=O) groups is 1. The molecular weight excluding hydrogens is 246 g/mol. The van der Waals surface area contributed by atoms with E-state index in [1.54, 1.807) is 0 Å². The Morgan fingerprint density at radius 2 is 1.89 bits per heavy atom. The van der Waals surface area contributed by atoms with Crippen LogP contribution in [0.3, 0.4) is 0 Å². The summed E-state index contributed by atoms with van der Waals surface area (Å²) < 4.78 is 0. The molecule has 0 spiro atoms. The van der Waals surface area contributed by atoms with Gasteiger partial charge in [0.1, 0.15) is 5.78 Å². The Labute approximate surface area is 114 Å². The molecule has 0 saturated carbocycles. The highest BCUT2D eigenvalue weighted by molar-refractivity contribution is 6.30. The van der Waals surface area contributed by atoms with Crippen LogP contribution in [-0.2, 0) is 4.79 Å². The van der Waals surface area contributed by atoms with Crippen LogP contribution in [0.5, 0.6) is 0 Å². The van der Waals surface area contributed by atoms with Gasteiger partial charge in [-0.05, 0) is 37.2 Å². The minimum atomic E-state index is -0.0115. The van der Waals surface area contributed by atoms with Crippen LogP contribution in [-0.4, -0.2) is 30.3 Å². The zero-order valence-corrected chi connectivity index (χ0v) is 11.8. The molecule has 0 bridgehead atoms. The highest BCUT2D eigenvalue weighted by atomic mass is 35.5. The summed E-state index contributed by atoms with van der Waals surface area (Å²) in [5.74, 6) is 0.388. The van der Waals surface area contributed by atoms with Gasteiger partial charge in [0.15, 0.2) is 0 Å². The lowest BCUT2D eigenvalue weighted by Gasteiger charge is -2.34. The van der Waals surface area contributed by atoms with Crippen LogP contribution >= 0.6 is 11.6 Å². The van der Waals surface area contributed by atoms with Crippen LogP contribution < -0.4 is 0 Å². The number of hydrogen-bond acceptors (Lipinski definition) is 2. The number of likely N-dealkylation sites (tertiary alicyclic amines) is 1. The van der Waals surface area contributed by atoms with Crippen molar-refractivity contribution in [3.8, 4) is 0 Å². The lowest BCUT2D eigenvalue weighted by Crippen LogP contribution is -2.42. The average molecular weight is 266 g/mol. The van der Waals surface area contributed by atoms with Crippen molar-refractivity contribution in [3.05, 3.63) is 34.9 Å². The molecule has 0 aromatic heterocycles. The van der Waals surface area contributed by atoms with E-state index in [1.165, 1.54) is 6.42 Å². The molecule has 0 amide bonds. The van der Waals surface area contributed by atoms with E-state index < -0.39 is 0 Å². The molecular formula is C15H20ClNO. The van der Waals surface area contributed by atoms with E-state index >= 15 is 0 Å². The molecule has 1 saturated heterocycles. The number of benzene rings is 1. The number of hydrogen-bond donors (Lipinski definition) is 0. The number of Topliss-reactive ketones (excluding diaryl/α,β-unsaturated/α-hetero) is 1. The number of ketones is 1. The van der Waals surface area contributed by atoms with E-state index in [0.29, 0.717) is 5.78 Å². The summed E-state index contributed by atoms with van der Waals surface area (Å²) in [5.41, 5.74) is 1.09. The van der Waals surface area contributed by atoms with Gasteiger partial charge in [-0.3, -0.25) is 4.79 Å². The number of nitrogens with zero attached hydrogens (tertiary/aromatic N) is 1. The molecule has 1 aromatic rings. The predicted molar refractivity (Wildman–Crippen MR) is 75.1 cm³/mol. The molecule has 1 aliphatic heterocycles. The molecule has 0 aliphatic carbocycles. The van der Waals surface area contributed by atoms with Gasteiger partial charge < -0.3 is 4.90 Å². The number of halogens is 1. The highest BCUT2D eigenvalue weighted by Gasteiger charge is 2.27. The first-order valence-corrected chi connectivity index (χ1v) is 6.97. The Balaban J connectivity index is 2.17. The van der Waals surface area contributed by atoms with Gasteiger partial charge in [0, 0.05) is 17.5 Å². The molecule has 0 N–H and O–H groups in total. The zero-order chi connectivity index (χ0) is 13.1. The average Bonchev–Trinajstić information content (AvgIpc) is 2.29. The van der Waals surface area contributed by atoms with Gasteiger partial charge in [0.25, 0.3) is 0 Å². The fourth-order valence-electron chi connectivity index (χ4n) is 2.28. The van der Waals surface area contributed by atoms with Gasteiger partial charge >= 0.3 is 0 Å². The van der Waals surface area contributed by atoms with E-state index in [1.807, 2.05) is 38.1 Å². The van der Waals surface area contributed by atoms with Gasteiger partial charge in [-0.1, -0.05) is 37.6 Å². The molecule has 2 nitrogen and oxygen atoms in total. The van der Waals surface area contributed by atoms with E-state index in [2.05, 4.69) is 4.90 Å². The van der Waals surface area contributed by atoms with Gasteiger partial charge in [-0.15, -0.1) is 0 Å². The Kier molecular flexibility index (Phi) is 4.41. The second kappa shape index (κ2) is 5.85. The monoisotopic (exact) mass is 265 g/mol. The van der Waals surface area contributed by atoms with Crippen molar-refractivity contribution in [1.82, 2.24) is 4.90 Å². The van der Waals surface area contributed by atoms with Gasteiger partial charge in [-0.2, -0.15) is 0 Å². The van der Waals surface area contributed by atoms with Gasteiger partial charge in [0.2, 0.25) is 0 Å². The standard InChI is InChI=1S/C15H20ClNO/c1-11(2)15(18)14(10-17-8-3-9-17)12-4-6-13(16)7-5-12/h4-7,11,14H,3,8-10H2,1-2H3. The maximum absolute atomic E-state index is 12.3. The van der Waals surface area contributed by atoms with Crippen LogP contribution in [0, 0.1) is 5.92 Å². The van der Waals surface area contributed by atoms with Crippen molar-refractivity contribution in [1.29, 1.82) is 0 Å². The maximum Gasteiger partial charge on any atom is 0.144 e. The Hall–Kier alpha value is -0.860. The van der Waals surface area contributed by atoms with Crippen LogP contribution in [0.25, 0.3) is 0 Å². The summed E-state index contributed by atoms with van der Waals surface area (Å²) in [6, 6.07) is 7.70. The molecule has 1 heterocycles. The minimum absolute atomic E-state index is 0.0115. The van der Waals surface area contributed by atoms with Crippen molar-refractivity contribution in [2.75, 3.05) is 19.6 Å². The lowest BCUT2D eigenvalue weighted by molar-refractivity contribution is -0.124. The van der Waals surface area contributed by atoms with E-state index in [4.69, 9.17) is 11.6 Å². The van der Waals surface area contributed by atoms with E-state index in [9.17, 15) is 4.79 Å². The third kappa shape index (κ3) is 3.12. The number of carbonyl (C=O) groups excluding carboxylic acids is 1. The second-order valence-corrected chi connectivity index (χ2v) is 5.75. The maximum atomic E-state index is 12.3. The topological polar surface area (TPSA) is 20.3 Å². The molecule has 0 radical (unpaired) electrons. The summed E-state index contributed by atoms with van der Waals surface area (Å²) in [4.78, 5) is 14.7. The van der Waals surface area contributed by atoms with Crippen molar-refractivity contribution < 1.29 is 4.79 Å². The largest absolute Gasteiger partial charge is 0.302 e.